The topological polar surface area (TPSA) is 108 Å². The van der Waals surface area contributed by atoms with Crippen molar-refractivity contribution in [1.29, 1.82) is 0 Å². The fourth-order valence-corrected chi connectivity index (χ4v) is 6.52. The Hall–Kier alpha value is -2.19. The third kappa shape index (κ3) is 41.3. The van der Waals surface area contributed by atoms with Crippen LogP contribution in [0.4, 0.5) is 0 Å². The highest BCUT2D eigenvalue weighted by Crippen LogP contribution is 2.13. The molecule has 2 N–H and O–H groups in total. The molecule has 0 radical (unpaired) electrons. The maximum atomic E-state index is 12.7. The second kappa shape index (κ2) is 42.9. The van der Waals surface area contributed by atoms with Crippen molar-refractivity contribution in [3.05, 3.63) is 24.3 Å². The van der Waals surface area contributed by atoms with Gasteiger partial charge in [-0.15, -0.1) is 0 Å². The second-order valence-corrected chi connectivity index (χ2v) is 15.7. The lowest BCUT2D eigenvalue weighted by atomic mass is 10.1. The molecular weight excluding hydrogens is 689 g/mol. The van der Waals surface area contributed by atoms with E-state index in [1.165, 1.54) is 109 Å². The van der Waals surface area contributed by atoms with E-state index in [0.29, 0.717) is 25.8 Å². The van der Waals surface area contributed by atoms with E-state index in [-0.39, 0.29) is 37.5 Å². The van der Waals surface area contributed by atoms with Gasteiger partial charge < -0.3 is 24.8 Å². The number of hydrogen-bond donors (Lipinski definition) is 1. The fraction of sp³-hybridized carbons (Fsp3) is 0.851. The Morgan fingerprint density at radius 2 is 0.818 bits per heavy atom. The number of nitrogens with two attached hydrogens (primary N) is 1. The first-order chi connectivity index (χ1) is 26.9. The summed E-state index contributed by atoms with van der Waals surface area (Å²) >= 11 is 0. The third-order valence-electron chi connectivity index (χ3n) is 10.1. The molecule has 0 aromatic rings. The van der Waals surface area contributed by atoms with Crippen LogP contribution in [0.3, 0.4) is 0 Å². The number of esters is 3. The minimum absolute atomic E-state index is 0.100. The zero-order valence-corrected chi connectivity index (χ0v) is 36.3. The first-order valence-electron chi connectivity index (χ1n) is 23.1. The van der Waals surface area contributed by atoms with E-state index < -0.39 is 6.10 Å². The normalized spacial score (nSPS) is 12.2. The monoisotopic (exact) mass is 777 g/mol. The molecule has 0 aliphatic carbocycles. The van der Waals surface area contributed by atoms with E-state index in [9.17, 15) is 14.4 Å². The molecule has 1 atom stereocenters. The number of unbranched alkanes of at least 4 members (excludes halogenated alkanes) is 22. The van der Waals surface area contributed by atoms with Crippen molar-refractivity contribution in [3.63, 3.8) is 0 Å². The predicted molar refractivity (Wildman–Crippen MR) is 231 cm³/mol. The van der Waals surface area contributed by atoms with Crippen LogP contribution in [0.25, 0.3) is 0 Å². The minimum Gasteiger partial charge on any atom is -0.462 e. The average Bonchev–Trinajstić information content (AvgIpc) is 3.18. The molecule has 0 saturated carbocycles. The number of hydrogen-bond acceptors (Lipinski definition) is 8. The van der Waals surface area contributed by atoms with E-state index in [0.717, 1.165) is 77.3 Å². The molecule has 0 aliphatic rings. The average molecular weight is 777 g/mol. The standard InChI is InChI=1S/C47H88N2O6/c1-4-6-8-10-12-14-16-18-20-22-24-26-28-30-32-36-45(50)53-42-44(43-54-46(51)38-34-40-49(3)41-35-39-48)55-47(52)37-33-31-29-27-25-23-21-19-17-15-13-11-9-7-5-2/h18-21,44H,4-17,22-43,48H2,1-3H3/b20-18-,21-19-/t44-/m1/s1. The van der Waals surface area contributed by atoms with Crippen molar-refractivity contribution in [1.82, 2.24) is 4.90 Å². The van der Waals surface area contributed by atoms with Gasteiger partial charge in [0.25, 0.3) is 0 Å². The molecule has 0 saturated heterocycles. The molecule has 0 aromatic heterocycles. The van der Waals surface area contributed by atoms with E-state index in [2.05, 4.69) is 43.1 Å². The van der Waals surface area contributed by atoms with Crippen LogP contribution in [0.5, 0.6) is 0 Å². The van der Waals surface area contributed by atoms with Crippen LogP contribution in [0.15, 0.2) is 24.3 Å². The summed E-state index contributed by atoms with van der Waals surface area (Å²) < 4.78 is 16.6. The van der Waals surface area contributed by atoms with Gasteiger partial charge in [0, 0.05) is 19.3 Å². The van der Waals surface area contributed by atoms with Crippen LogP contribution in [-0.2, 0) is 28.6 Å². The summed E-state index contributed by atoms with van der Waals surface area (Å²) in [7, 11) is 2.01. The molecular formula is C47H88N2O6. The summed E-state index contributed by atoms with van der Waals surface area (Å²) in [5, 5.41) is 0. The number of carbonyl (C=O) groups excluding carboxylic acids is 3. The van der Waals surface area contributed by atoms with Gasteiger partial charge in [0.15, 0.2) is 6.10 Å². The zero-order chi connectivity index (χ0) is 40.3. The summed E-state index contributed by atoms with van der Waals surface area (Å²) in [5.74, 6) is -0.985. The van der Waals surface area contributed by atoms with Crippen molar-refractivity contribution in [3.8, 4) is 0 Å². The molecule has 0 spiro atoms. The molecule has 0 heterocycles. The van der Waals surface area contributed by atoms with Gasteiger partial charge in [-0.2, -0.15) is 0 Å². The summed E-state index contributed by atoms with van der Waals surface area (Å²) in [6, 6.07) is 0. The molecule has 8 nitrogen and oxygen atoms in total. The molecule has 55 heavy (non-hydrogen) atoms. The largest absolute Gasteiger partial charge is 0.462 e. The van der Waals surface area contributed by atoms with Crippen LogP contribution in [0.1, 0.15) is 213 Å². The molecule has 0 bridgehead atoms. The van der Waals surface area contributed by atoms with Crippen molar-refractivity contribution in [2.24, 2.45) is 5.73 Å². The van der Waals surface area contributed by atoms with Gasteiger partial charge >= 0.3 is 17.9 Å². The van der Waals surface area contributed by atoms with Gasteiger partial charge in [0.05, 0.1) is 0 Å². The number of carbonyl (C=O) groups is 3. The van der Waals surface area contributed by atoms with Gasteiger partial charge in [0.2, 0.25) is 0 Å². The summed E-state index contributed by atoms with van der Waals surface area (Å²) in [4.78, 5) is 39.8. The number of rotatable bonds is 42. The third-order valence-corrected chi connectivity index (χ3v) is 10.1. The predicted octanol–water partition coefficient (Wildman–Crippen LogP) is 12.1. The van der Waals surface area contributed by atoms with Gasteiger partial charge in [-0.1, -0.05) is 141 Å². The Labute approximate surface area is 339 Å². The van der Waals surface area contributed by atoms with Crippen LogP contribution in [0.2, 0.25) is 0 Å². The van der Waals surface area contributed by atoms with Gasteiger partial charge in [0.1, 0.15) is 13.2 Å². The first kappa shape index (κ1) is 52.8. The Morgan fingerprint density at radius 1 is 0.473 bits per heavy atom. The molecule has 322 valence electrons. The lowest BCUT2D eigenvalue weighted by Crippen LogP contribution is -2.31. The Morgan fingerprint density at radius 3 is 1.24 bits per heavy atom. The minimum atomic E-state index is -0.801. The molecule has 0 amide bonds. The lowest BCUT2D eigenvalue weighted by molar-refractivity contribution is -0.167. The van der Waals surface area contributed by atoms with Crippen molar-refractivity contribution in [2.45, 2.75) is 219 Å². The van der Waals surface area contributed by atoms with Gasteiger partial charge in [-0.05, 0) is 104 Å². The van der Waals surface area contributed by atoms with E-state index in [1.54, 1.807) is 0 Å². The maximum absolute atomic E-state index is 12.7. The number of allylic oxidation sites excluding steroid dienone is 4. The van der Waals surface area contributed by atoms with Crippen LogP contribution < -0.4 is 5.73 Å². The van der Waals surface area contributed by atoms with E-state index in [4.69, 9.17) is 19.9 Å². The Kier molecular flexibility index (Phi) is 41.2. The highest BCUT2D eigenvalue weighted by Gasteiger charge is 2.19. The Balaban J connectivity index is 4.34. The van der Waals surface area contributed by atoms with Crippen LogP contribution >= 0.6 is 0 Å². The Bertz CT molecular complexity index is 923. The SMILES string of the molecule is CCCCCCCC/C=C\CCCCCCCC(=O)OC[C@H](COC(=O)CCCN(C)CCCN)OC(=O)CCCCCCC/C=C\CCCCCCCC. The molecule has 0 aromatic carbocycles. The fourth-order valence-electron chi connectivity index (χ4n) is 6.52. The lowest BCUT2D eigenvalue weighted by Gasteiger charge is -2.19. The number of ether oxygens (including phenoxy) is 3. The van der Waals surface area contributed by atoms with Crippen molar-refractivity contribution < 1.29 is 28.6 Å². The van der Waals surface area contributed by atoms with Crippen molar-refractivity contribution in [2.75, 3.05) is 39.9 Å². The highest BCUT2D eigenvalue weighted by molar-refractivity contribution is 5.71. The zero-order valence-electron chi connectivity index (χ0n) is 36.3. The molecule has 0 rings (SSSR count). The van der Waals surface area contributed by atoms with E-state index >= 15 is 0 Å². The quantitative estimate of drug-likeness (QED) is 0.0282. The smallest absolute Gasteiger partial charge is 0.306 e. The molecule has 0 unspecified atom stereocenters. The maximum Gasteiger partial charge on any atom is 0.306 e. The number of nitrogens with zero attached hydrogens (tertiary/aromatic N) is 1. The van der Waals surface area contributed by atoms with Crippen LogP contribution in [0, 0.1) is 0 Å². The van der Waals surface area contributed by atoms with Gasteiger partial charge in [-0.3, -0.25) is 14.4 Å². The van der Waals surface area contributed by atoms with Crippen LogP contribution in [-0.4, -0.2) is 68.8 Å². The summed E-state index contributed by atoms with van der Waals surface area (Å²) in [6.07, 6.45) is 42.2. The highest BCUT2D eigenvalue weighted by atomic mass is 16.6. The van der Waals surface area contributed by atoms with Gasteiger partial charge in [-0.25, -0.2) is 0 Å². The molecule has 0 fully saturated rings. The molecule has 8 heteroatoms. The molecule has 0 aliphatic heterocycles. The van der Waals surface area contributed by atoms with E-state index in [1.807, 2.05) is 7.05 Å². The summed E-state index contributed by atoms with van der Waals surface area (Å²) in [5.41, 5.74) is 5.59. The second-order valence-electron chi connectivity index (χ2n) is 15.7. The van der Waals surface area contributed by atoms with Crippen molar-refractivity contribution >= 4 is 17.9 Å². The summed E-state index contributed by atoms with van der Waals surface area (Å²) in [6.45, 7) is 6.62. The first-order valence-corrected chi connectivity index (χ1v) is 23.1.